The van der Waals surface area contributed by atoms with Crippen LogP contribution in [0.3, 0.4) is 0 Å². The van der Waals surface area contributed by atoms with E-state index in [0.29, 0.717) is 11.0 Å². The summed E-state index contributed by atoms with van der Waals surface area (Å²) in [4.78, 5) is 11.8. The van der Waals surface area contributed by atoms with Crippen molar-refractivity contribution in [3.05, 3.63) is 65.9 Å². The predicted octanol–water partition coefficient (Wildman–Crippen LogP) is 4.81. The number of halogens is 1. The smallest absolute Gasteiger partial charge is 0.303 e. The van der Waals surface area contributed by atoms with Crippen LogP contribution in [0.1, 0.15) is 6.92 Å². The number of aromatic nitrogens is 2. The van der Waals surface area contributed by atoms with E-state index in [2.05, 4.69) is 5.10 Å². The van der Waals surface area contributed by atoms with Crippen LogP contribution in [0.4, 0.5) is 0 Å². The molecule has 4 nitrogen and oxygen atoms in total. The third kappa shape index (κ3) is 4.19. The van der Waals surface area contributed by atoms with Gasteiger partial charge in [-0.05, 0) is 47.5 Å². The normalized spacial score (nSPS) is 10.6. The summed E-state index contributed by atoms with van der Waals surface area (Å²) in [5.41, 5.74) is 2.99. The summed E-state index contributed by atoms with van der Waals surface area (Å²) in [5, 5.41) is 4.90. The van der Waals surface area contributed by atoms with Crippen LogP contribution in [0.15, 0.2) is 65.8 Å². The Morgan fingerprint density at radius 2 is 2.00 bits per heavy atom. The average Bonchev–Trinajstić information content (AvgIpc) is 3.09. The summed E-state index contributed by atoms with van der Waals surface area (Å²) < 4.78 is 6.71. The number of hydrogen-bond acceptors (Lipinski definition) is 4. The number of rotatable bonds is 5. The van der Waals surface area contributed by atoms with Crippen LogP contribution < -0.4 is 0 Å². The second-order valence-corrected chi connectivity index (χ2v) is 6.50. The van der Waals surface area contributed by atoms with Crippen LogP contribution in [-0.4, -0.2) is 21.7 Å². The van der Waals surface area contributed by atoms with E-state index < -0.39 is 0 Å². The van der Waals surface area contributed by atoms with Gasteiger partial charge >= 0.3 is 5.97 Å². The summed E-state index contributed by atoms with van der Waals surface area (Å²) >= 11 is 7.73. The average molecular weight is 359 g/mol. The van der Waals surface area contributed by atoms with Gasteiger partial charge in [0.2, 0.25) is 0 Å². The highest BCUT2D eigenvalue weighted by Crippen LogP contribution is 2.28. The van der Waals surface area contributed by atoms with E-state index in [-0.39, 0.29) is 5.97 Å². The van der Waals surface area contributed by atoms with Crippen molar-refractivity contribution in [3.8, 4) is 16.8 Å². The van der Waals surface area contributed by atoms with Crippen molar-refractivity contribution < 1.29 is 9.53 Å². The van der Waals surface area contributed by atoms with Gasteiger partial charge in [-0.1, -0.05) is 35.5 Å². The Morgan fingerprint density at radius 1 is 1.21 bits per heavy atom. The van der Waals surface area contributed by atoms with E-state index in [0.717, 1.165) is 21.7 Å². The maximum absolute atomic E-state index is 10.8. The zero-order chi connectivity index (χ0) is 16.9. The first-order valence-electron chi connectivity index (χ1n) is 7.29. The van der Waals surface area contributed by atoms with Gasteiger partial charge in [0.05, 0.1) is 5.69 Å². The Bertz CT molecular complexity index is 833. The largest absolute Gasteiger partial charge is 0.454 e. The van der Waals surface area contributed by atoms with Gasteiger partial charge in [-0.2, -0.15) is 5.10 Å². The Labute approximate surface area is 149 Å². The van der Waals surface area contributed by atoms with E-state index in [1.807, 2.05) is 54.7 Å². The number of benzene rings is 2. The molecule has 0 radical (unpaired) electrons. The zero-order valence-electron chi connectivity index (χ0n) is 13.0. The fourth-order valence-corrected chi connectivity index (χ4v) is 3.14. The van der Waals surface area contributed by atoms with Crippen molar-refractivity contribution >= 4 is 29.3 Å². The maximum Gasteiger partial charge on any atom is 0.303 e. The van der Waals surface area contributed by atoms with Gasteiger partial charge in [0, 0.05) is 29.2 Å². The van der Waals surface area contributed by atoms with Gasteiger partial charge < -0.3 is 4.74 Å². The van der Waals surface area contributed by atoms with Crippen molar-refractivity contribution in [2.24, 2.45) is 0 Å². The first kappa shape index (κ1) is 16.6. The zero-order valence-corrected chi connectivity index (χ0v) is 14.6. The lowest BCUT2D eigenvalue weighted by Crippen LogP contribution is -1.96. The molecule has 0 bridgehead atoms. The molecule has 0 atom stereocenters. The number of nitrogens with zero attached hydrogens (tertiary/aromatic N) is 2. The number of esters is 1. The first-order valence-corrected chi connectivity index (χ1v) is 8.65. The third-order valence-electron chi connectivity index (χ3n) is 3.33. The summed E-state index contributed by atoms with van der Waals surface area (Å²) in [6.45, 7) is 1.40. The van der Waals surface area contributed by atoms with Crippen molar-refractivity contribution in [1.29, 1.82) is 0 Å². The Kier molecular flexibility index (Phi) is 5.23. The second kappa shape index (κ2) is 7.55. The third-order valence-corrected chi connectivity index (χ3v) is 4.39. The van der Waals surface area contributed by atoms with Crippen LogP contribution in [0, 0.1) is 0 Å². The lowest BCUT2D eigenvalue weighted by atomic mass is 10.1. The van der Waals surface area contributed by atoms with Crippen LogP contribution in [-0.2, 0) is 9.53 Å². The highest BCUT2D eigenvalue weighted by atomic mass is 35.5. The molecule has 6 heteroatoms. The van der Waals surface area contributed by atoms with Crippen molar-refractivity contribution in [1.82, 2.24) is 9.78 Å². The molecule has 0 saturated heterocycles. The van der Waals surface area contributed by atoms with Crippen molar-refractivity contribution in [2.75, 3.05) is 5.94 Å². The van der Waals surface area contributed by atoms with E-state index in [4.69, 9.17) is 16.3 Å². The van der Waals surface area contributed by atoms with E-state index in [1.54, 1.807) is 10.9 Å². The maximum atomic E-state index is 10.8. The molecule has 0 aliphatic rings. The molecule has 3 rings (SSSR count). The molecule has 1 heterocycles. The fourth-order valence-electron chi connectivity index (χ4n) is 2.22. The number of hydrogen-bond donors (Lipinski definition) is 0. The molecule has 0 amide bonds. The van der Waals surface area contributed by atoms with Gasteiger partial charge in [0.25, 0.3) is 0 Å². The van der Waals surface area contributed by atoms with Crippen LogP contribution in [0.2, 0.25) is 5.02 Å². The van der Waals surface area contributed by atoms with E-state index in [1.165, 1.54) is 18.7 Å². The molecular formula is C18H15ClN2O2S. The quantitative estimate of drug-likeness (QED) is 0.373. The Hall–Kier alpha value is -2.24. The van der Waals surface area contributed by atoms with Gasteiger partial charge in [-0.15, -0.1) is 0 Å². The molecule has 1 aromatic heterocycles. The molecular weight excluding hydrogens is 344 g/mol. The van der Waals surface area contributed by atoms with Crippen molar-refractivity contribution in [3.63, 3.8) is 0 Å². The number of ether oxygens (including phenoxy) is 1. The minimum atomic E-state index is -0.274. The summed E-state index contributed by atoms with van der Waals surface area (Å²) in [6.07, 6.45) is 3.61. The summed E-state index contributed by atoms with van der Waals surface area (Å²) in [5.74, 6) is 0.0409. The summed E-state index contributed by atoms with van der Waals surface area (Å²) in [7, 11) is 0. The molecule has 0 spiro atoms. The van der Waals surface area contributed by atoms with E-state index in [9.17, 15) is 4.79 Å². The topological polar surface area (TPSA) is 44.1 Å². The molecule has 0 aliphatic carbocycles. The first-order chi connectivity index (χ1) is 11.6. The molecule has 0 unspecified atom stereocenters. The highest BCUT2D eigenvalue weighted by Gasteiger charge is 2.05. The molecule has 122 valence electrons. The molecule has 3 aromatic rings. The molecule has 0 aliphatic heterocycles. The van der Waals surface area contributed by atoms with Gasteiger partial charge in [0.1, 0.15) is 5.94 Å². The molecule has 0 saturated carbocycles. The fraction of sp³-hybridized carbons (Fsp3) is 0.111. The summed E-state index contributed by atoms with van der Waals surface area (Å²) in [6, 6.07) is 15.8. The molecule has 0 fully saturated rings. The van der Waals surface area contributed by atoms with Crippen LogP contribution in [0.25, 0.3) is 16.8 Å². The standard InChI is InChI=1S/C18H15ClN2O2S/c1-13(22)23-12-24-18-5-3-14(4-6-18)15-9-16(19)11-17(10-15)21-8-2-7-20-21/h2-11H,12H2,1H3. The molecule has 2 aromatic carbocycles. The monoisotopic (exact) mass is 358 g/mol. The SMILES string of the molecule is CC(=O)OCSc1ccc(-c2cc(Cl)cc(-n3cccn3)c2)cc1. The lowest BCUT2D eigenvalue weighted by Gasteiger charge is -2.08. The Balaban J connectivity index is 1.80. The Morgan fingerprint density at radius 3 is 2.67 bits per heavy atom. The predicted molar refractivity (Wildman–Crippen MR) is 96.5 cm³/mol. The number of carbonyl (C=O) groups excluding carboxylic acids is 1. The number of carbonyl (C=O) groups is 1. The van der Waals surface area contributed by atoms with Gasteiger partial charge in [0.15, 0.2) is 0 Å². The molecule has 0 N–H and O–H groups in total. The van der Waals surface area contributed by atoms with Gasteiger partial charge in [-0.3, -0.25) is 4.79 Å². The number of thioether (sulfide) groups is 1. The van der Waals surface area contributed by atoms with Crippen LogP contribution >= 0.6 is 23.4 Å². The lowest BCUT2D eigenvalue weighted by molar-refractivity contribution is -0.138. The molecule has 24 heavy (non-hydrogen) atoms. The highest BCUT2D eigenvalue weighted by molar-refractivity contribution is 7.99. The van der Waals surface area contributed by atoms with Gasteiger partial charge in [-0.25, -0.2) is 4.68 Å². The van der Waals surface area contributed by atoms with Crippen molar-refractivity contribution in [2.45, 2.75) is 11.8 Å². The minimum absolute atomic E-state index is 0.274. The second-order valence-electron chi connectivity index (χ2n) is 5.07. The van der Waals surface area contributed by atoms with Crippen LogP contribution in [0.5, 0.6) is 0 Å². The minimum Gasteiger partial charge on any atom is -0.454 e. The van der Waals surface area contributed by atoms with E-state index >= 15 is 0 Å².